The topological polar surface area (TPSA) is 134 Å². The third kappa shape index (κ3) is 2.97. The van der Waals surface area contributed by atoms with Crippen LogP contribution in [0.5, 0.6) is 0 Å². The first-order valence-electron chi connectivity index (χ1n) is 7.56. The van der Waals surface area contributed by atoms with Crippen LogP contribution in [0.4, 0.5) is 5.69 Å². The number of aromatic nitrogens is 4. The smallest absolute Gasteiger partial charge is 0.323 e. The van der Waals surface area contributed by atoms with Gasteiger partial charge >= 0.3 is 5.69 Å². The average Bonchev–Trinajstić information content (AvgIpc) is 3.19. The van der Waals surface area contributed by atoms with E-state index in [4.69, 9.17) is 4.52 Å². The molecule has 10 heteroatoms. The summed E-state index contributed by atoms with van der Waals surface area (Å²) in [5.74, 6) is 0.877. The number of hydrogen-bond acceptors (Lipinski definition) is 6. The molecule has 3 N–H and O–H groups in total. The molecule has 0 amide bonds. The lowest BCUT2D eigenvalue weighted by molar-refractivity contribution is 0.425. The number of anilines is 1. The van der Waals surface area contributed by atoms with E-state index in [0.29, 0.717) is 34.0 Å². The summed E-state index contributed by atoms with van der Waals surface area (Å²) in [4.78, 5) is 20.6. The normalized spacial score (nSPS) is 11.7. The third-order valence-electron chi connectivity index (χ3n) is 3.71. The molecule has 0 radical (unpaired) electrons. The number of nitrogens with one attached hydrogen (secondary N) is 3. The summed E-state index contributed by atoms with van der Waals surface area (Å²) in [5.41, 5.74) is 1.62. The molecule has 0 saturated heterocycles. The lowest BCUT2D eigenvalue weighted by Crippen LogP contribution is -2.12. The third-order valence-corrected chi connectivity index (χ3v) is 5.09. The van der Waals surface area contributed by atoms with Gasteiger partial charge in [0.25, 0.3) is 15.9 Å². The minimum Gasteiger partial charge on any atom is -0.334 e. The van der Waals surface area contributed by atoms with Gasteiger partial charge in [-0.15, -0.1) is 0 Å². The van der Waals surface area contributed by atoms with Crippen LogP contribution in [-0.2, 0) is 10.0 Å². The van der Waals surface area contributed by atoms with Crippen LogP contribution in [0.25, 0.3) is 22.5 Å². The standard InChI is InChI=1S/C16H13N5O4S/c1-9-17-15(25-20-9)10-2-4-11(5-3-10)21-26(23,24)12-6-7-13-14(8-12)19-16(22)18-13/h2-8,21H,1H3,(H2,18,19,22). The van der Waals surface area contributed by atoms with Crippen LogP contribution < -0.4 is 10.4 Å². The van der Waals surface area contributed by atoms with E-state index < -0.39 is 15.7 Å². The molecule has 0 unspecified atom stereocenters. The van der Waals surface area contributed by atoms with E-state index in [1.807, 2.05) is 0 Å². The Morgan fingerprint density at radius 3 is 2.46 bits per heavy atom. The maximum Gasteiger partial charge on any atom is 0.323 e. The Hall–Kier alpha value is -3.40. The molecule has 4 rings (SSSR count). The molecule has 2 aromatic carbocycles. The second-order valence-electron chi connectivity index (χ2n) is 5.62. The molecule has 0 saturated carbocycles. The lowest BCUT2D eigenvalue weighted by atomic mass is 10.2. The molecular formula is C16H13N5O4S. The molecule has 4 aromatic rings. The Kier molecular flexibility index (Phi) is 3.62. The highest BCUT2D eigenvalue weighted by Crippen LogP contribution is 2.22. The SMILES string of the molecule is Cc1noc(-c2ccc(NS(=O)(=O)c3ccc4[nH]c(=O)[nH]c4c3)cc2)n1. The molecule has 0 aliphatic rings. The predicted molar refractivity (Wildman–Crippen MR) is 94.2 cm³/mol. The van der Waals surface area contributed by atoms with Crippen LogP contribution in [0, 0.1) is 6.92 Å². The number of nitrogens with zero attached hydrogens (tertiary/aromatic N) is 2. The van der Waals surface area contributed by atoms with Crippen molar-refractivity contribution in [1.82, 2.24) is 20.1 Å². The summed E-state index contributed by atoms with van der Waals surface area (Å²) in [6.45, 7) is 1.71. The molecule has 0 aliphatic carbocycles. The Morgan fingerprint density at radius 2 is 1.77 bits per heavy atom. The lowest BCUT2D eigenvalue weighted by Gasteiger charge is -2.08. The van der Waals surface area contributed by atoms with Gasteiger partial charge in [-0.05, 0) is 49.4 Å². The van der Waals surface area contributed by atoms with Gasteiger partial charge in [0, 0.05) is 11.3 Å². The highest BCUT2D eigenvalue weighted by atomic mass is 32.2. The summed E-state index contributed by atoms with van der Waals surface area (Å²) in [6.07, 6.45) is 0. The molecule has 132 valence electrons. The van der Waals surface area contributed by atoms with Crippen molar-refractivity contribution in [3.8, 4) is 11.5 Å². The van der Waals surface area contributed by atoms with Gasteiger partial charge in [0.1, 0.15) is 0 Å². The molecular weight excluding hydrogens is 358 g/mol. The zero-order valence-corrected chi connectivity index (χ0v) is 14.3. The van der Waals surface area contributed by atoms with E-state index in [2.05, 4.69) is 24.8 Å². The summed E-state index contributed by atoms with van der Waals surface area (Å²) in [6, 6.07) is 10.9. The summed E-state index contributed by atoms with van der Waals surface area (Å²) < 4.78 is 32.7. The molecule has 0 atom stereocenters. The number of aromatic amines is 2. The Morgan fingerprint density at radius 1 is 1.04 bits per heavy atom. The Labute approximate surface area is 147 Å². The molecule has 26 heavy (non-hydrogen) atoms. The van der Waals surface area contributed by atoms with Crippen molar-refractivity contribution < 1.29 is 12.9 Å². The van der Waals surface area contributed by atoms with Gasteiger partial charge in [0.05, 0.1) is 15.9 Å². The predicted octanol–water partition coefficient (Wildman–Crippen LogP) is 2.02. The zero-order valence-electron chi connectivity index (χ0n) is 13.5. The molecule has 2 heterocycles. The maximum atomic E-state index is 12.6. The minimum atomic E-state index is -3.81. The first-order valence-corrected chi connectivity index (χ1v) is 9.05. The maximum absolute atomic E-state index is 12.6. The highest BCUT2D eigenvalue weighted by molar-refractivity contribution is 7.92. The van der Waals surface area contributed by atoms with E-state index in [1.54, 1.807) is 31.2 Å². The number of imidazole rings is 1. The first kappa shape index (κ1) is 16.1. The molecule has 0 spiro atoms. The van der Waals surface area contributed by atoms with Crippen molar-refractivity contribution in [3.63, 3.8) is 0 Å². The van der Waals surface area contributed by atoms with Gasteiger partial charge in [0.2, 0.25) is 0 Å². The molecule has 2 aromatic heterocycles. The van der Waals surface area contributed by atoms with Crippen LogP contribution in [-0.4, -0.2) is 28.5 Å². The zero-order chi connectivity index (χ0) is 18.3. The van der Waals surface area contributed by atoms with E-state index in [1.165, 1.54) is 18.2 Å². The van der Waals surface area contributed by atoms with Crippen molar-refractivity contribution in [2.45, 2.75) is 11.8 Å². The highest BCUT2D eigenvalue weighted by Gasteiger charge is 2.16. The Balaban J connectivity index is 1.61. The fraction of sp³-hybridized carbons (Fsp3) is 0.0625. The number of fused-ring (bicyclic) bond motifs is 1. The van der Waals surface area contributed by atoms with Gasteiger partial charge in [-0.2, -0.15) is 4.98 Å². The van der Waals surface area contributed by atoms with E-state index >= 15 is 0 Å². The molecule has 0 fully saturated rings. The number of sulfonamides is 1. The van der Waals surface area contributed by atoms with Crippen LogP contribution in [0.15, 0.2) is 56.7 Å². The van der Waals surface area contributed by atoms with Crippen molar-refractivity contribution in [1.29, 1.82) is 0 Å². The summed E-state index contributed by atoms with van der Waals surface area (Å²) in [7, 11) is -3.81. The van der Waals surface area contributed by atoms with Crippen molar-refractivity contribution in [3.05, 3.63) is 58.8 Å². The number of hydrogen-bond donors (Lipinski definition) is 3. The monoisotopic (exact) mass is 371 g/mol. The molecule has 0 aliphatic heterocycles. The second-order valence-corrected chi connectivity index (χ2v) is 7.30. The second kappa shape index (κ2) is 5.85. The fourth-order valence-electron chi connectivity index (χ4n) is 2.49. The quantitative estimate of drug-likeness (QED) is 0.502. The van der Waals surface area contributed by atoms with Crippen molar-refractivity contribution in [2.75, 3.05) is 4.72 Å². The fourth-order valence-corrected chi connectivity index (χ4v) is 3.57. The average molecular weight is 371 g/mol. The minimum absolute atomic E-state index is 0.0388. The van der Waals surface area contributed by atoms with Gasteiger partial charge in [-0.25, -0.2) is 13.2 Å². The van der Waals surface area contributed by atoms with Crippen LogP contribution >= 0.6 is 0 Å². The van der Waals surface area contributed by atoms with Crippen LogP contribution in [0.2, 0.25) is 0 Å². The van der Waals surface area contributed by atoms with Gasteiger partial charge in [-0.1, -0.05) is 5.16 Å². The van der Waals surface area contributed by atoms with Crippen LogP contribution in [0.3, 0.4) is 0 Å². The number of benzene rings is 2. The van der Waals surface area contributed by atoms with E-state index in [0.717, 1.165) is 0 Å². The largest absolute Gasteiger partial charge is 0.334 e. The van der Waals surface area contributed by atoms with E-state index in [-0.39, 0.29) is 4.90 Å². The number of H-pyrrole nitrogens is 2. The number of rotatable bonds is 4. The van der Waals surface area contributed by atoms with Crippen LogP contribution in [0.1, 0.15) is 5.82 Å². The summed E-state index contributed by atoms with van der Waals surface area (Å²) in [5, 5.41) is 3.72. The summed E-state index contributed by atoms with van der Waals surface area (Å²) >= 11 is 0. The molecule has 9 nitrogen and oxygen atoms in total. The Bertz CT molecular complexity index is 1250. The van der Waals surface area contributed by atoms with Crippen molar-refractivity contribution >= 4 is 26.7 Å². The van der Waals surface area contributed by atoms with Gasteiger partial charge in [0.15, 0.2) is 5.82 Å². The van der Waals surface area contributed by atoms with Gasteiger partial charge in [-0.3, -0.25) is 4.72 Å². The van der Waals surface area contributed by atoms with Crippen molar-refractivity contribution in [2.24, 2.45) is 0 Å². The first-order chi connectivity index (χ1) is 12.4. The van der Waals surface area contributed by atoms with E-state index in [9.17, 15) is 13.2 Å². The molecule has 0 bridgehead atoms. The number of aryl methyl sites for hydroxylation is 1. The van der Waals surface area contributed by atoms with Gasteiger partial charge < -0.3 is 14.5 Å².